The van der Waals surface area contributed by atoms with Crippen LogP contribution in [-0.4, -0.2) is 35.5 Å². The molecule has 15 heavy (non-hydrogen) atoms. The highest BCUT2D eigenvalue weighted by molar-refractivity contribution is 5.02. The Morgan fingerprint density at radius 2 is 1.93 bits per heavy atom. The van der Waals surface area contributed by atoms with Crippen LogP contribution < -0.4 is 5.32 Å². The van der Waals surface area contributed by atoms with Gasteiger partial charge in [0, 0.05) is 12.5 Å². The van der Waals surface area contributed by atoms with E-state index in [1.54, 1.807) is 0 Å². The molecule has 0 radical (unpaired) electrons. The maximum absolute atomic E-state index is 10.4. The minimum atomic E-state index is -0.716. The summed E-state index contributed by atoms with van der Waals surface area (Å²) in [7, 11) is 1.86. The molecule has 1 aliphatic rings. The minimum absolute atomic E-state index is 0.133. The van der Waals surface area contributed by atoms with Gasteiger partial charge in [-0.1, -0.05) is 0 Å². The zero-order valence-corrected chi connectivity index (χ0v) is 10.8. The van der Waals surface area contributed by atoms with Crippen LogP contribution in [0.5, 0.6) is 0 Å². The van der Waals surface area contributed by atoms with Crippen LogP contribution >= 0.6 is 0 Å². The Balaban J connectivity index is 2.86. The highest BCUT2D eigenvalue weighted by Crippen LogP contribution is 2.46. The lowest BCUT2D eigenvalue weighted by molar-refractivity contribution is -0.107. The van der Waals surface area contributed by atoms with E-state index in [2.05, 4.69) is 33.0 Å². The minimum Gasteiger partial charge on any atom is -0.388 e. The van der Waals surface area contributed by atoms with Gasteiger partial charge >= 0.3 is 0 Å². The van der Waals surface area contributed by atoms with Gasteiger partial charge < -0.3 is 15.2 Å². The summed E-state index contributed by atoms with van der Waals surface area (Å²) in [5.74, 6) is 0.160. The molecule has 0 bridgehead atoms. The van der Waals surface area contributed by atoms with E-state index < -0.39 is 5.60 Å². The van der Waals surface area contributed by atoms with Crippen LogP contribution in [0.4, 0.5) is 0 Å². The number of ether oxygens (including phenoxy) is 1. The number of likely N-dealkylation sites (N-methyl/N-ethyl adjacent to an activating group) is 1. The Hall–Kier alpha value is -0.120. The average molecular weight is 215 g/mol. The number of hydrogen-bond donors (Lipinski definition) is 2. The van der Waals surface area contributed by atoms with Gasteiger partial charge in [-0.3, -0.25) is 0 Å². The van der Waals surface area contributed by atoms with Crippen molar-refractivity contribution in [3.05, 3.63) is 0 Å². The van der Waals surface area contributed by atoms with Gasteiger partial charge in [-0.2, -0.15) is 0 Å². The van der Waals surface area contributed by atoms with E-state index in [1.807, 2.05) is 14.0 Å². The average Bonchev–Trinajstić information content (AvgIpc) is 2.19. The van der Waals surface area contributed by atoms with Crippen LogP contribution in [0.2, 0.25) is 0 Å². The predicted molar refractivity (Wildman–Crippen MR) is 61.9 cm³/mol. The first-order chi connectivity index (χ1) is 6.61. The molecule has 0 aromatic heterocycles. The molecule has 1 saturated heterocycles. The monoisotopic (exact) mass is 215 g/mol. The zero-order valence-electron chi connectivity index (χ0n) is 10.8. The quantitative estimate of drug-likeness (QED) is 0.750. The van der Waals surface area contributed by atoms with Crippen molar-refractivity contribution in [1.29, 1.82) is 0 Å². The summed E-state index contributed by atoms with van der Waals surface area (Å²) in [6, 6.07) is 0. The summed E-state index contributed by atoms with van der Waals surface area (Å²) >= 11 is 0. The summed E-state index contributed by atoms with van der Waals surface area (Å²) in [6.45, 7) is 10.8. The smallest absolute Gasteiger partial charge is 0.0799 e. The Morgan fingerprint density at radius 1 is 1.40 bits per heavy atom. The fourth-order valence-electron chi connectivity index (χ4n) is 3.01. The largest absolute Gasteiger partial charge is 0.388 e. The second kappa shape index (κ2) is 3.72. The first kappa shape index (κ1) is 12.9. The van der Waals surface area contributed by atoms with Crippen molar-refractivity contribution in [3.63, 3.8) is 0 Å². The number of rotatable bonds is 3. The predicted octanol–water partition coefficient (Wildman–Crippen LogP) is 1.55. The van der Waals surface area contributed by atoms with Crippen LogP contribution in [-0.2, 0) is 4.74 Å². The molecule has 0 saturated carbocycles. The van der Waals surface area contributed by atoms with Crippen LogP contribution in [0.15, 0.2) is 0 Å². The van der Waals surface area contributed by atoms with E-state index in [0.29, 0.717) is 6.54 Å². The lowest BCUT2D eigenvalue weighted by Crippen LogP contribution is -2.49. The molecule has 1 rings (SSSR count). The molecule has 0 spiro atoms. The summed E-state index contributed by atoms with van der Waals surface area (Å²) in [5, 5.41) is 13.5. The third kappa shape index (κ3) is 2.71. The molecule has 3 nitrogen and oxygen atoms in total. The SMILES string of the molecule is CNCC(C)(O)C1CC(C)(C)OC1(C)C. The summed E-state index contributed by atoms with van der Waals surface area (Å²) in [4.78, 5) is 0. The summed E-state index contributed by atoms with van der Waals surface area (Å²) < 4.78 is 5.99. The molecular formula is C12H25NO2. The van der Waals surface area contributed by atoms with E-state index >= 15 is 0 Å². The van der Waals surface area contributed by atoms with Crippen LogP contribution in [0, 0.1) is 5.92 Å². The van der Waals surface area contributed by atoms with Crippen LogP contribution in [0.1, 0.15) is 41.0 Å². The molecule has 0 aliphatic carbocycles. The normalized spacial score (nSPS) is 32.6. The molecule has 2 atom stereocenters. The lowest BCUT2D eigenvalue weighted by Gasteiger charge is -2.37. The van der Waals surface area contributed by atoms with Gasteiger partial charge in [-0.25, -0.2) is 0 Å². The number of hydrogen-bond acceptors (Lipinski definition) is 3. The van der Waals surface area contributed by atoms with Crippen molar-refractivity contribution in [2.45, 2.75) is 57.8 Å². The molecule has 0 aromatic carbocycles. The second-order valence-corrected chi connectivity index (χ2v) is 6.11. The van der Waals surface area contributed by atoms with Crippen LogP contribution in [0.25, 0.3) is 0 Å². The van der Waals surface area contributed by atoms with E-state index in [0.717, 1.165) is 6.42 Å². The third-order valence-corrected chi connectivity index (χ3v) is 3.36. The topological polar surface area (TPSA) is 41.5 Å². The van der Waals surface area contributed by atoms with Gasteiger partial charge in [0.25, 0.3) is 0 Å². The maximum atomic E-state index is 10.4. The Bertz CT molecular complexity index is 234. The van der Waals surface area contributed by atoms with Gasteiger partial charge in [-0.05, 0) is 48.1 Å². The van der Waals surface area contributed by atoms with E-state index in [9.17, 15) is 5.11 Å². The molecule has 1 fully saturated rings. The molecular weight excluding hydrogens is 190 g/mol. The van der Waals surface area contributed by atoms with Gasteiger partial charge in [0.2, 0.25) is 0 Å². The Morgan fingerprint density at radius 3 is 2.27 bits per heavy atom. The van der Waals surface area contributed by atoms with E-state index in [4.69, 9.17) is 4.74 Å². The number of aliphatic hydroxyl groups is 1. The second-order valence-electron chi connectivity index (χ2n) is 6.11. The van der Waals surface area contributed by atoms with Crippen molar-refractivity contribution in [2.75, 3.05) is 13.6 Å². The summed E-state index contributed by atoms with van der Waals surface area (Å²) in [6.07, 6.45) is 0.898. The molecule has 1 heterocycles. The van der Waals surface area contributed by atoms with Crippen molar-refractivity contribution in [2.24, 2.45) is 5.92 Å². The van der Waals surface area contributed by atoms with Gasteiger partial charge in [0.05, 0.1) is 16.8 Å². The maximum Gasteiger partial charge on any atom is 0.0799 e. The number of nitrogens with one attached hydrogen (secondary N) is 1. The standard InChI is InChI=1S/C12H25NO2/c1-10(2)7-9(11(3,4)15-10)12(5,14)8-13-6/h9,13-14H,7-8H2,1-6H3. The van der Waals surface area contributed by atoms with Crippen molar-refractivity contribution in [3.8, 4) is 0 Å². The first-order valence-electron chi connectivity index (χ1n) is 5.68. The summed E-state index contributed by atoms with van der Waals surface area (Å²) in [5.41, 5.74) is -1.11. The molecule has 1 aliphatic heterocycles. The fourth-order valence-corrected chi connectivity index (χ4v) is 3.01. The third-order valence-electron chi connectivity index (χ3n) is 3.36. The Labute approximate surface area is 93.2 Å². The van der Waals surface area contributed by atoms with Crippen molar-refractivity contribution >= 4 is 0 Å². The molecule has 3 heteroatoms. The van der Waals surface area contributed by atoms with Gasteiger partial charge in [-0.15, -0.1) is 0 Å². The van der Waals surface area contributed by atoms with Gasteiger partial charge in [0.1, 0.15) is 0 Å². The molecule has 0 aromatic rings. The molecule has 0 amide bonds. The molecule has 2 unspecified atom stereocenters. The van der Waals surface area contributed by atoms with Crippen molar-refractivity contribution < 1.29 is 9.84 Å². The molecule has 90 valence electrons. The van der Waals surface area contributed by atoms with E-state index in [-0.39, 0.29) is 17.1 Å². The first-order valence-corrected chi connectivity index (χ1v) is 5.68. The van der Waals surface area contributed by atoms with E-state index in [1.165, 1.54) is 0 Å². The zero-order chi connectivity index (χ0) is 11.9. The molecule has 2 N–H and O–H groups in total. The lowest BCUT2D eigenvalue weighted by atomic mass is 9.75. The van der Waals surface area contributed by atoms with Crippen molar-refractivity contribution in [1.82, 2.24) is 5.32 Å². The Kier molecular flexibility index (Phi) is 3.21. The van der Waals surface area contributed by atoms with Gasteiger partial charge in [0.15, 0.2) is 0 Å². The highest BCUT2D eigenvalue weighted by atomic mass is 16.5. The van der Waals surface area contributed by atoms with Crippen LogP contribution in [0.3, 0.4) is 0 Å². The fraction of sp³-hybridized carbons (Fsp3) is 1.00. The highest BCUT2D eigenvalue weighted by Gasteiger charge is 2.52.